The van der Waals surface area contributed by atoms with Crippen LogP contribution in [-0.4, -0.2) is 16.5 Å². The Balaban J connectivity index is 1.70. The molecule has 1 aromatic heterocycles. The maximum absolute atomic E-state index is 4.70. The Labute approximate surface area is 148 Å². The van der Waals surface area contributed by atoms with E-state index in [4.69, 9.17) is 4.98 Å². The predicted molar refractivity (Wildman–Crippen MR) is 103 cm³/mol. The second kappa shape index (κ2) is 6.55. The number of aromatic nitrogens is 2. The summed E-state index contributed by atoms with van der Waals surface area (Å²) in [6.07, 6.45) is 2.27. The molecule has 0 spiro atoms. The van der Waals surface area contributed by atoms with Crippen LogP contribution in [0.15, 0.2) is 54.6 Å². The van der Waals surface area contributed by atoms with Crippen LogP contribution < -0.4 is 10.2 Å². The van der Waals surface area contributed by atoms with Crippen molar-refractivity contribution in [3.63, 3.8) is 0 Å². The monoisotopic (exact) mass is 330 g/mol. The van der Waals surface area contributed by atoms with Crippen LogP contribution in [0.5, 0.6) is 0 Å². The molecule has 0 saturated heterocycles. The summed E-state index contributed by atoms with van der Waals surface area (Å²) in [6.45, 7) is 5.03. The standard InChI is InChI=1S/C21H22N4/c1-15-8-3-5-11-18(15)24-20-14-21(23-16(2)22-20)25-13-7-10-17-9-4-6-12-19(17)25/h3-6,8-9,11-12,14H,7,10,13H2,1-2H3,(H,22,23,24). The number of benzene rings is 2. The average Bonchev–Trinajstić information content (AvgIpc) is 2.63. The predicted octanol–water partition coefficient (Wildman–Crippen LogP) is 4.92. The van der Waals surface area contributed by atoms with Crippen molar-refractivity contribution in [1.82, 2.24) is 9.97 Å². The highest BCUT2D eigenvalue weighted by molar-refractivity contribution is 5.69. The van der Waals surface area contributed by atoms with Gasteiger partial charge in [0.25, 0.3) is 0 Å². The van der Waals surface area contributed by atoms with Crippen molar-refractivity contribution in [3.05, 3.63) is 71.5 Å². The van der Waals surface area contributed by atoms with E-state index in [0.717, 1.165) is 42.5 Å². The van der Waals surface area contributed by atoms with E-state index in [9.17, 15) is 0 Å². The largest absolute Gasteiger partial charge is 0.340 e. The zero-order valence-corrected chi connectivity index (χ0v) is 14.7. The molecule has 4 rings (SSSR count). The lowest BCUT2D eigenvalue weighted by Gasteiger charge is -2.30. The lowest BCUT2D eigenvalue weighted by Crippen LogP contribution is -2.25. The molecule has 2 aromatic carbocycles. The van der Waals surface area contributed by atoms with E-state index in [-0.39, 0.29) is 0 Å². The number of hydrogen-bond donors (Lipinski definition) is 1. The first kappa shape index (κ1) is 15.6. The van der Waals surface area contributed by atoms with Crippen molar-refractivity contribution < 1.29 is 0 Å². The van der Waals surface area contributed by atoms with Crippen LogP contribution in [0.4, 0.5) is 23.0 Å². The summed E-state index contributed by atoms with van der Waals surface area (Å²) in [4.78, 5) is 11.6. The van der Waals surface area contributed by atoms with Gasteiger partial charge in [0.2, 0.25) is 0 Å². The molecule has 4 heteroatoms. The van der Waals surface area contributed by atoms with Crippen molar-refractivity contribution in [3.8, 4) is 0 Å². The fourth-order valence-corrected chi connectivity index (χ4v) is 3.38. The van der Waals surface area contributed by atoms with E-state index in [1.54, 1.807) is 0 Å². The van der Waals surface area contributed by atoms with Crippen LogP contribution in [0.1, 0.15) is 23.4 Å². The molecule has 126 valence electrons. The van der Waals surface area contributed by atoms with Gasteiger partial charge in [-0.05, 0) is 49.9 Å². The fraction of sp³-hybridized carbons (Fsp3) is 0.238. The van der Waals surface area contributed by atoms with Crippen molar-refractivity contribution in [2.75, 3.05) is 16.8 Å². The Morgan fingerprint density at radius 3 is 2.64 bits per heavy atom. The first-order chi connectivity index (χ1) is 12.2. The van der Waals surface area contributed by atoms with E-state index < -0.39 is 0 Å². The Hall–Kier alpha value is -2.88. The normalized spacial score (nSPS) is 13.4. The minimum absolute atomic E-state index is 0.775. The summed E-state index contributed by atoms with van der Waals surface area (Å²) < 4.78 is 0. The second-order valence-electron chi connectivity index (χ2n) is 6.48. The Morgan fingerprint density at radius 1 is 0.960 bits per heavy atom. The SMILES string of the molecule is Cc1nc(Nc2ccccc2C)cc(N2CCCc3ccccc32)n1. The summed E-state index contributed by atoms with van der Waals surface area (Å²) in [5.41, 5.74) is 4.92. The minimum Gasteiger partial charge on any atom is -0.340 e. The van der Waals surface area contributed by atoms with Crippen molar-refractivity contribution >= 4 is 23.0 Å². The van der Waals surface area contributed by atoms with Crippen molar-refractivity contribution in [2.45, 2.75) is 26.7 Å². The Morgan fingerprint density at radius 2 is 1.76 bits per heavy atom. The third-order valence-electron chi connectivity index (χ3n) is 4.62. The lowest BCUT2D eigenvalue weighted by molar-refractivity contribution is 0.757. The number of fused-ring (bicyclic) bond motifs is 1. The van der Waals surface area contributed by atoms with Gasteiger partial charge in [-0.2, -0.15) is 0 Å². The van der Waals surface area contributed by atoms with Gasteiger partial charge in [0, 0.05) is 24.0 Å². The van der Waals surface area contributed by atoms with Crippen LogP contribution in [-0.2, 0) is 6.42 Å². The lowest BCUT2D eigenvalue weighted by atomic mass is 10.0. The topological polar surface area (TPSA) is 41.1 Å². The van der Waals surface area contributed by atoms with Gasteiger partial charge < -0.3 is 10.2 Å². The molecule has 0 unspecified atom stereocenters. The maximum Gasteiger partial charge on any atom is 0.138 e. The summed E-state index contributed by atoms with van der Waals surface area (Å²) in [6, 6.07) is 18.9. The highest BCUT2D eigenvalue weighted by Crippen LogP contribution is 2.33. The number of nitrogens with zero attached hydrogens (tertiary/aromatic N) is 3. The van der Waals surface area contributed by atoms with Gasteiger partial charge in [-0.1, -0.05) is 36.4 Å². The molecule has 4 nitrogen and oxygen atoms in total. The minimum atomic E-state index is 0.775. The van der Waals surface area contributed by atoms with Gasteiger partial charge in [-0.3, -0.25) is 0 Å². The molecular weight excluding hydrogens is 308 g/mol. The van der Waals surface area contributed by atoms with E-state index in [2.05, 4.69) is 58.5 Å². The first-order valence-electron chi connectivity index (χ1n) is 8.74. The fourth-order valence-electron chi connectivity index (χ4n) is 3.38. The summed E-state index contributed by atoms with van der Waals surface area (Å²) in [5.74, 6) is 2.56. The summed E-state index contributed by atoms with van der Waals surface area (Å²) in [5, 5.41) is 3.44. The van der Waals surface area contributed by atoms with Crippen LogP contribution in [0.25, 0.3) is 0 Å². The number of rotatable bonds is 3. The molecule has 0 fully saturated rings. The molecule has 0 atom stereocenters. The molecule has 0 amide bonds. The van der Waals surface area contributed by atoms with Crippen molar-refractivity contribution in [2.24, 2.45) is 0 Å². The molecule has 2 heterocycles. The van der Waals surface area contributed by atoms with E-state index in [1.165, 1.54) is 16.8 Å². The second-order valence-corrected chi connectivity index (χ2v) is 6.48. The van der Waals surface area contributed by atoms with E-state index >= 15 is 0 Å². The van der Waals surface area contributed by atoms with Crippen molar-refractivity contribution in [1.29, 1.82) is 0 Å². The summed E-state index contributed by atoms with van der Waals surface area (Å²) >= 11 is 0. The van der Waals surface area contributed by atoms with Crippen LogP contribution >= 0.6 is 0 Å². The third-order valence-corrected chi connectivity index (χ3v) is 4.62. The molecule has 0 aliphatic carbocycles. The van der Waals surface area contributed by atoms with E-state index in [0.29, 0.717) is 0 Å². The van der Waals surface area contributed by atoms with Crippen LogP contribution in [0.2, 0.25) is 0 Å². The molecular formula is C21H22N4. The number of para-hydroxylation sites is 2. The summed E-state index contributed by atoms with van der Waals surface area (Å²) in [7, 11) is 0. The van der Waals surface area contributed by atoms with Gasteiger partial charge in [0.1, 0.15) is 17.5 Å². The molecule has 1 aliphatic heterocycles. The van der Waals surface area contributed by atoms with Gasteiger partial charge >= 0.3 is 0 Å². The number of hydrogen-bond acceptors (Lipinski definition) is 4. The molecule has 3 aromatic rings. The van der Waals surface area contributed by atoms with Crippen LogP contribution in [0, 0.1) is 13.8 Å². The maximum atomic E-state index is 4.70. The van der Waals surface area contributed by atoms with Crippen LogP contribution in [0.3, 0.4) is 0 Å². The van der Waals surface area contributed by atoms with Gasteiger partial charge in [-0.25, -0.2) is 9.97 Å². The molecule has 25 heavy (non-hydrogen) atoms. The Kier molecular flexibility index (Phi) is 4.10. The number of anilines is 4. The molecule has 0 radical (unpaired) electrons. The van der Waals surface area contributed by atoms with E-state index in [1.807, 2.05) is 25.1 Å². The first-order valence-corrected chi connectivity index (χ1v) is 8.74. The molecule has 0 bridgehead atoms. The molecule has 0 saturated carbocycles. The zero-order valence-electron chi connectivity index (χ0n) is 14.7. The Bertz CT molecular complexity index is 904. The average molecular weight is 330 g/mol. The quantitative estimate of drug-likeness (QED) is 0.740. The smallest absolute Gasteiger partial charge is 0.138 e. The highest BCUT2D eigenvalue weighted by Gasteiger charge is 2.19. The number of aryl methyl sites for hydroxylation is 3. The molecule has 1 N–H and O–H groups in total. The zero-order chi connectivity index (χ0) is 17.2. The number of nitrogens with one attached hydrogen (secondary N) is 1. The molecule has 1 aliphatic rings. The van der Waals surface area contributed by atoms with Gasteiger partial charge in [0.15, 0.2) is 0 Å². The van der Waals surface area contributed by atoms with Gasteiger partial charge in [-0.15, -0.1) is 0 Å². The van der Waals surface area contributed by atoms with Gasteiger partial charge in [0.05, 0.1) is 0 Å². The third kappa shape index (κ3) is 3.20. The highest BCUT2D eigenvalue weighted by atomic mass is 15.2.